The molecule has 4 unspecified atom stereocenters. The fourth-order valence-corrected chi connectivity index (χ4v) is 3.79. The third-order valence-corrected chi connectivity index (χ3v) is 4.76. The topological polar surface area (TPSA) is 41.6 Å². The summed E-state index contributed by atoms with van der Waals surface area (Å²) >= 11 is 0. The molecule has 2 bridgehead atoms. The van der Waals surface area contributed by atoms with E-state index < -0.39 is 5.60 Å². The van der Waals surface area contributed by atoms with E-state index in [1.165, 1.54) is 25.7 Å². The van der Waals surface area contributed by atoms with E-state index in [4.69, 9.17) is 4.74 Å². The molecular formula is C17H32N2O2. The monoisotopic (exact) mass is 296 g/mol. The lowest BCUT2D eigenvalue weighted by molar-refractivity contribution is 0.0276. The summed E-state index contributed by atoms with van der Waals surface area (Å²) in [6.07, 6.45) is 5.42. The highest BCUT2D eigenvalue weighted by Gasteiger charge is 2.39. The van der Waals surface area contributed by atoms with Gasteiger partial charge in [-0.2, -0.15) is 0 Å². The Hall–Kier alpha value is -0.770. The highest BCUT2D eigenvalue weighted by Crippen LogP contribution is 2.44. The molecule has 0 saturated heterocycles. The predicted molar refractivity (Wildman–Crippen MR) is 85.3 cm³/mol. The van der Waals surface area contributed by atoms with Crippen LogP contribution in [0, 0.1) is 17.8 Å². The third-order valence-electron chi connectivity index (χ3n) is 4.76. The van der Waals surface area contributed by atoms with Crippen molar-refractivity contribution in [3.05, 3.63) is 0 Å². The van der Waals surface area contributed by atoms with E-state index in [-0.39, 0.29) is 6.09 Å². The number of carbonyl (C=O) groups excluding carboxylic acids is 1. The molecule has 0 heterocycles. The van der Waals surface area contributed by atoms with Crippen molar-refractivity contribution < 1.29 is 9.53 Å². The van der Waals surface area contributed by atoms with Crippen molar-refractivity contribution in [1.29, 1.82) is 0 Å². The molecule has 0 aromatic carbocycles. The standard InChI is InChI=1S/C17H32N2O2/c1-12(11-19(5)16(20)21-17(2,3)4)10-18-15-9-13-6-7-14(15)8-13/h12-15,18H,6-11H2,1-5H3. The summed E-state index contributed by atoms with van der Waals surface area (Å²) in [5, 5.41) is 3.73. The van der Waals surface area contributed by atoms with Gasteiger partial charge in [0, 0.05) is 19.6 Å². The van der Waals surface area contributed by atoms with Crippen LogP contribution in [-0.2, 0) is 4.74 Å². The lowest BCUT2D eigenvalue weighted by atomic mass is 9.95. The number of ether oxygens (including phenoxy) is 1. The average molecular weight is 296 g/mol. The molecule has 2 rings (SSSR count). The summed E-state index contributed by atoms with van der Waals surface area (Å²) < 4.78 is 5.39. The second kappa shape index (κ2) is 6.55. The Morgan fingerprint density at radius 2 is 2.05 bits per heavy atom. The van der Waals surface area contributed by atoms with Crippen LogP contribution < -0.4 is 5.32 Å². The fourth-order valence-electron chi connectivity index (χ4n) is 3.79. The number of fused-ring (bicyclic) bond motifs is 2. The van der Waals surface area contributed by atoms with Crippen LogP contribution in [0.5, 0.6) is 0 Å². The van der Waals surface area contributed by atoms with Gasteiger partial charge in [-0.1, -0.05) is 13.3 Å². The minimum atomic E-state index is -0.421. The smallest absolute Gasteiger partial charge is 0.410 e. The molecule has 4 nitrogen and oxygen atoms in total. The van der Waals surface area contributed by atoms with E-state index >= 15 is 0 Å². The lowest BCUT2D eigenvalue weighted by Gasteiger charge is -2.28. The van der Waals surface area contributed by atoms with Crippen molar-refractivity contribution in [2.24, 2.45) is 17.8 Å². The van der Waals surface area contributed by atoms with Crippen molar-refractivity contribution >= 4 is 6.09 Å². The van der Waals surface area contributed by atoms with Crippen molar-refractivity contribution in [3.8, 4) is 0 Å². The number of nitrogens with zero attached hydrogens (tertiary/aromatic N) is 1. The molecular weight excluding hydrogens is 264 g/mol. The fraction of sp³-hybridized carbons (Fsp3) is 0.941. The number of rotatable bonds is 5. The van der Waals surface area contributed by atoms with Gasteiger partial charge in [-0.3, -0.25) is 0 Å². The van der Waals surface area contributed by atoms with E-state index in [0.29, 0.717) is 5.92 Å². The summed E-state index contributed by atoms with van der Waals surface area (Å²) in [5.74, 6) is 2.33. The number of carbonyl (C=O) groups is 1. The molecule has 0 spiro atoms. The Morgan fingerprint density at radius 3 is 2.57 bits per heavy atom. The van der Waals surface area contributed by atoms with Crippen LogP contribution in [0.1, 0.15) is 53.4 Å². The Labute approximate surface area is 129 Å². The molecule has 0 aromatic rings. The molecule has 122 valence electrons. The zero-order valence-electron chi connectivity index (χ0n) is 14.3. The molecule has 2 fully saturated rings. The molecule has 4 atom stereocenters. The van der Waals surface area contributed by atoms with E-state index in [9.17, 15) is 4.79 Å². The van der Waals surface area contributed by atoms with Gasteiger partial charge in [-0.15, -0.1) is 0 Å². The van der Waals surface area contributed by atoms with Crippen molar-refractivity contribution in [3.63, 3.8) is 0 Å². The average Bonchev–Trinajstić information content (AvgIpc) is 2.96. The first-order valence-corrected chi connectivity index (χ1v) is 8.42. The maximum absolute atomic E-state index is 11.9. The van der Waals surface area contributed by atoms with Crippen LogP contribution in [-0.4, -0.2) is 42.8 Å². The molecule has 0 aliphatic heterocycles. The molecule has 21 heavy (non-hydrogen) atoms. The van der Waals surface area contributed by atoms with Gasteiger partial charge in [0.25, 0.3) is 0 Å². The highest BCUT2D eigenvalue weighted by atomic mass is 16.6. The summed E-state index contributed by atoms with van der Waals surface area (Å²) in [6, 6.07) is 0.720. The van der Waals surface area contributed by atoms with Crippen molar-refractivity contribution in [1.82, 2.24) is 10.2 Å². The quantitative estimate of drug-likeness (QED) is 0.846. The largest absolute Gasteiger partial charge is 0.444 e. The number of amides is 1. The third kappa shape index (κ3) is 4.87. The number of hydrogen-bond acceptors (Lipinski definition) is 3. The summed E-state index contributed by atoms with van der Waals surface area (Å²) in [7, 11) is 1.82. The Bertz CT molecular complexity index is 364. The zero-order valence-corrected chi connectivity index (χ0v) is 14.3. The molecule has 1 N–H and O–H groups in total. The SMILES string of the molecule is CC(CNC1CC2CCC1C2)CN(C)C(=O)OC(C)(C)C. The van der Waals surface area contributed by atoms with Crippen LogP contribution in [0.15, 0.2) is 0 Å². The maximum atomic E-state index is 11.9. The van der Waals surface area contributed by atoms with Gasteiger partial charge in [0.2, 0.25) is 0 Å². The maximum Gasteiger partial charge on any atom is 0.410 e. The Kier molecular flexibility index (Phi) is 5.18. The van der Waals surface area contributed by atoms with Gasteiger partial charge >= 0.3 is 6.09 Å². The van der Waals surface area contributed by atoms with Crippen LogP contribution in [0.25, 0.3) is 0 Å². The van der Waals surface area contributed by atoms with Crippen LogP contribution >= 0.6 is 0 Å². The van der Waals surface area contributed by atoms with E-state index in [0.717, 1.165) is 31.0 Å². The number of hydrogen-bond donors (Lipinski definition) is 1. The van der Waals surface area contributed by atoms with E-state index in [1.807, 2.05) is 27.8 Å². The summed E-state index contributed by atoms with van der Waals surface area (Å²) in [6.45, 7) is 9.63. The Balaban J connectivity index is 1.67. The van der Waals surface area contributed by atoms with Crippen LogP contribution in [0.3, 0.4) is 0 Å². The second-order valence-corrected chi connectivity index (χ2v) is 8.16. The molecule has 0 radical (unpaired) electrons. The van der Waals surface area contributed by atoms with Gasteiger partial charge in [-0.05, 0) is 64.3 Å². The first kappa shape index (κ1) is 16.6. The van der Waals surface area contributed by atoms with Gasteiger partial charge in [0.1, 0.15) is 5.60 Å². The summed E-state index contributed by atoms with van der Waals surface area (Å²) in [4.78, 5) is 13.6. The predicted octanol–water partition coefficient (Wildman–Crippen LogP) is 3.27. The lowest BCUT2D eigenvalue weighted by Crippen LogP contribution is -2.41. The van der Waals surface area contributed by atoms with Gasteiger partial charge in [0.05, 0.1) is 0 Å². The minimum absolute atomic E-state index is 0.228. The minimum Gasteiger partial charge on any atom is -0.444 e. The van der Waals surface area contributed by atoms with Crippen molar-refractivity contribution in [2.45, 2.75) is 65.0 Å². The second-order valence-electron chi connectivity index (χ2n) is 8.16. The van der Waals surface area contributed by atoms with Crippen LogP contribution in [0.2, 0.25) is 0 Å². The van der Waals surface area contributed by atoms with Gasteiger partial charge < -0.3 is 15.0 Å². The Morgan fingerprint density at radius 1 is 1.33 bits per heavy atom. The molecule has 2 saturated carbocycles. The molecule has 2 aliphatic rings. The normalized spacial score (nSPS) is 29.5. The molecule has 0 aromatic heterocycles. The first-order chi connectivity index (χ1) is 9.74. The van der Waals surface area contributed by atoms with E-state index in [2.05, 4.69) is 12.2 Å². The summed E-state index contributed by atoms with van der Waals surface area (Å²) in [5.41, 5.74) is -0.421. The molecule has 1 amide bonds. The molecule has 4 heteroatoms. The molecule has 2 aliphatic carbocycles. The van der Waals surface area contributed by atoms with Gasteiger partial charge in [-0.25, -0.2) is 4.79 Å². The first-order valence-electron chi connectivity index (χ1n) is 8.42. The van der Waals surface area contributed by atoms with Crippen LogP contribution in [0.4, 0.5) is 4.79 Å². The highest BCUT2D eigenvalue weighted by molar-refractivity contribution is 5.67. The van der Waals surface area contributed by atoms with Gasteiger partial charge in [0.15, 0.2) is 0 Å². The number of nitrogens with one attached hydrogen (secondary N) is 1. The van der Waals surface area contributed by atoms with Crippen molar-refractivity contribution in [2.75, 3.05) is 20.1 Å². The zero-order chi connectivity index (χ0) is 15.6. The van der Waals surface area contributed by atoms with E-state index in [1.54, 1.807) is 4.90 Å².